The molecule has 12 rings (SSSR count). The van der Waals surface area contributed by atoms with Crippen LogP contribution in [0.3, 0.4) is 0 Å². The Hall–Kier alpha value is -7.74. The minimum absolute atomic E-state index is 0.105. The monoisotopic (exact) mass is 831 g/mol. The minimum Gasteiger partial charge on any atom is -0.310 e. The molecule has 0 radical (unpaired) electrons. The standard InChI is InChI=1S/C64H49N/c1-63(2)57-34-12-9-27-55(57)61-53(31-18-35-58(61)63)52-26-10-13-36-59(52)65(47-24-14-23-45(41-47)50-30-17-32-54-51-25-8-11-33-56(51)64(3,4)62(50)54)46-39-37-43(38-40-46)49-29-16-22-44-21-15-28-48(60(44)49)42-19-6-5-7-20-42/h5-41H,1-4H3. The van der Waals surface area contributed by atoms with E-state index in [1.807, 2.05) is 0 Å². The maximum atomic E-state index is 2.48. The molecule has 310 valence electrons. The quantitative estimate of drug-likeness (QED) is 0.155. The highest BCUT2D eigenvalue weighted by Crippen LogP contribution is 2.55. The average molecular weight is 832 g/mol. The zero-order valence-corrected chi connectivity index (χ0v) is 37.3. The number of hydrogen-bond donors (Lipinski definition) is 0. The van der Waals surface area contributed by atoms with Crippen LogP contribution in [0.1, 0.15) is 49.9 Å². The van der Waals surface area contributed by atoms with E-state index in [0.717, 1.165) is 17.1 Å². The fraction of sp³-hybridized carbons (Fsp3) is 0.0938. The first-order valence-corrected chi connectivity index (χ1v) is 22.9. The molecule has 0 N–H and O–H groups in total. The molecule has 1 heteroatoms. The minimum atomic E-state index is -0.139. The smallest absolute Gasteiger partial charge is 0.0540 e. The van der Waals surface area contributed by atoms with Crippen LogP contribution in [0.5, 0.6) is 0 Å². The van der Waals surface area contributed by atoms with Crippen LogP contribution in [-0.2, 0) is 10.8 Å². The van der Waals surface area contributed by atoms with Gasteiger partial charge in [-0.2, -0.15) is 0 Å². The summed E-state index contributed by atoms with van der Waals surface area (Å²) in [5.74, 6) is 0. The fourth-order valence-corrected chi connectivity index (χ4v) is 11.4. The van der Waals surface area contributed by atoms with Crippen LogP contribution >= 0.6 is 0 Å². The van der Waals surface area contributed by atoms with Crippen LogP contribution in [0.2, 0.25) is 0 Å². The summed E-state index contributed by atoms with van der Waals surface area (Å²) in [6.07, 6.45) is 0. The summed E-state index contributed by atoms with van der Waals surface area (Å²) in [5.41, 5.74) is 23.8. The Morgan fingerprint density at radius 1 is 0.308 bits per heavy atom. The number of para-hydroxylation sites is 1. The molecule has 0 saturated carbocycles. The molecule has 1 nitrogen and oxygen atoms in total. The van der Waals surface area contributed by atoms with Crippen molar-refractivity contribution in [2.75, 3.05) is 4.90 Å². The summed E-state index contributed by atoms with van der Waals surface area (Å²) < 4.78 is 0. The first-order chi connectivity index (χ1) is 31.8. The molecule has 0 spiro atoms. The van der Waals surface area contributed by atoms with E-state index in [9.17, 15) is 0 Å². The van der Waals surface area contributed by atoms with Gasteiger partial charge in [0.05, 0.1) is 5.69 Å². The predicted octanol–water partition coefficient (Wildman–Crippen LogP) is 17.6. The van der Waals surface area contributed by atoms with E-state index >= 15 is 0 Å². The summed E-state index contributed by atoms with van der Waals surface area (Å²) in [4.78, 5) is 2.48. The number of rotatable bonds is 7. The Morgan fingerprint density at radius 3 is 1.57 bits per heavy atom. The van der Waals surface area contributed by atoms with Crippen molar-refractivity contribution >= 4 is 27.8 Å². The molecule has 2 aliphatic carbocycles. The van der Waals surface area contributed by atoms with Gasteiger partial charge in [0, 0.05) is 27.8 Å². The Kier molecular flexibility index (Phi) is 8.94. The number of anilines is 3. The average Bonchev–Trinajstić information content (AvgIpc) is 3.74. The van der Waals surface area contributed by atoms with Crippen LogP contribution in [0.15, 0.2) is 224 Å². The summed E-state index contributed by atoms with van der Waals surface area (Å²) in [7, 11) is 0. The number of fused-ring (bicyclic) bond motifs is 7. The Labute approximate surface area is 383 Å². The van der Waals surface area contributed by atoms with E-state index in [1.54, 1.807) is 0 Å². The van der Waals surface area contributed by atoms with Crippen molar-refractivity contribution in [1.29, 1.82) is 0 Å². The molecular formula is C64H49N. The van der Waals surface area contributed by atoms with E-state index in [2.05, 4.69) is 257 Å². The van der Waals surface area contributed by atoms with E-state index in [-0.39, 0.29) is 10.8 Å². The summed E-state index contributed by atoms with van der Waals surface area (Å²) in [5, 5.41) is 2.50. The van der Waals surface area contributed by atoms with Gasteiger partial charge in [0.25, 0.3) is 0 Å². The van der Waals surface area contributed by atoms with Gasteiger partial charge in [0.15, 0.2) is 0 Å². The molecule has 0 heterocycles. The topological polar surface area (TPSA) is 3.24 Å². The predicted molar refractivity (Wildman–Crippen MR) is 276 cm³/mol. The third-order valence-electron chi connectivity index (χ3n) is 14.5. The highest BCUT2D eigenvalue weighted by molar-refractivity contribution is 6.07. The van der Waals surface area contributed by atoms with Gasteiger partial charge >= 0.3 is 0 Å². The van der Waals surface area contributed by atoms with Crippen molar-refractivity contribution in [3.8, 4) is 66.8 Å². The summed E-state index contributed by atoms with van der Waals surface area (Å²) in [6.45, 7) is 9.49. The molecule has 0 aliphatic heterocycles. The van der Waals surface area contributed by atoms with E-state index in [4.69, 9.17) is 0 Å². The van der Waals surface area contributed by atoms with Crippen molar-refractivity contribution in [3.05, 3.63) is 247 Å². The lowest BCUT2D eigenvalue weighted by Gasteiger charge is -2.30. The zero-order valence-electron chi connectivity index (χ0n) is 37.3. The van der Waals surface area contributed by atoms with E-state index < -0.39 is 0 Å². The largest absolute Gasteiger partial charge is 0.310 e. The van der Waals surface area contributed by atoms with Crippen molar-refractivity contribution in [2.24, 2.45) is 0 Å². The zero-order chi connectivity index (χ0) is 43.9. The van der Waals surface area contributed by atoms with E-state index in [0.29, 0.717) is 0 Å². The van der Waals surface area contributed by atoms with Gasteiger partial charge in [-0.1, -0.05) is 222 Å². The lowest BCUT2D eigenvalue weighted by Crippen LogP contribution is -2.16. The molecule has 0 amide bonds. The molecule has 10 aromatic rings. The van der Waals surface area contributed by atoms with Crippen LogP contribution in [0.25, 0.3) is 77.5 Å². The summed E-state index contributed by atoms with van der Waals surface area (Å²) >= 11 is 0. The molecule has 0 unspecified atom stereocenters. The second-order valence-electron chi connectivity index (χ2n) is 18.8. The van der Waals surface area contributed by atoms with Gasteiger partial charge in [0.1, 0.15) is 0 Å². The Morgan fingerprint density at radius 2 is 0.815 bits per heavy atom. The molecule has 0 atom stereocenters. The van der Waals surface area contributed by atoms with Crippen molar-refractivity contribution in [1.82, 2.24) is 0 Å². The molecular weight excluding hydrogens is 783 g/mol. The van der Waals surface area contributed by atoms with Gasteiger partial charge in [-0.15, -0.1) is 0 Å². The molecule has 0 fully saturated rings. The van der Waals surface area contributed by atoms with Crippen LogP contribution in [0, 0.1) is 0 Å². The third-order valence-corrected chi connectivity index (χ3v) is 14.5. The Balaban J connectivity index is 1.05. The summed E-state index contributed by atoms with van der Waals surface area (Å²) in [6, 6.07) is 83.3. The van der Waals surface area contributed by atoms with Crippen LogP contribution in [0.4, 0.5) is 17.1 Å². The number of nitrogens with zero attached hydrogens (tertiary/aromatic N) is 1. The molecule has 0 bridgehead atoms. The fourth-order valence-electron chi connectivity index (χ4n) is 11.4. The maximum Gasteiger partial charge on any atom is 0.0540 e. The van der Waals surface area contributed by atoms with Crippen LogP contribution in [-0.4, -0.2) is 0 Å². The van der Waals surface area contributed by atoms with Gasteiger partial charge in [-0.25, -0.2) is 0 Å². The van der Waals surface area contributed by atoms with Crippen molar-refractivity contribution in [3.63, 3.8) is 0 Å². The van der Waals surface area contributed by atoms with Gasteiger partial charge in [-0.05, 0) is 125 Å². The van der Waals surface area contributed by atoms with E-state index in [1.165, 1.54) is 99.8 Å². The normalized spacial score (nSPS) is 13.8. The highest BCUT2D eigenvalue weighted by atomic mass is 15.1. The molecule has 0 saturated heterocycles. The second kappa shape index (κ2) is 14.9. The Bertz CT molecular complexity index is 3470. The highest BCUT2D eigenvalue weighted by Gasteiger charge is 2.38. The van der Waals surface area contributed by atoms with Crippen LogP contribution < -0.4 is 4.90 Å². The lowest BCUT2D eigenvalue weighted by molar-refractivity contribution is 0.660. The maximum absolute atomic E-state index is 2.48. The van der Waals surface area contributed by atoms with Gasteiger partial charge in [-0.3, -0.25) is 0 Å². The first-order valence-electron chi connectivity index (χ1n) is 22.9. The lowest BCUT2D eigenvalue weighted by atomic mass is 9.79. The molecule has 65 heavy (non-hydrogen) atoms. The number of benzene rings is 10. The third kappa shape index (κ3) is 6.06. The number of hydrogen-bond acceptors (Lipinski definition) is 1. The SMILES string of the molecule is CC1(C)c2ccccc2-c2c(-c3ccccc3N(c3ccc(-c4cccc5cccc(-c6ccccc6)c45)cc3)c3cccc(-c4cccc5c4C(C)(C)c4ccccc4-5)c3)cccc21. The van der Waals surface area contributed by atoms with Crippen molar-refractivity contribution < 1.29 is 0 Å². The first kappa shape index (κ1) is 38.9. The molecule has 10 aromatic carbocycles. The molecule has 0 aromatic heterocycles. The van der Waals surface area contributed by atoms with Crippen molar-refractivity contribution in [2.45, 2.75) is 38.5 Å². The second-order valence-corrected chi connectivity index (χ2v) is 18.8. The van der Waals surface area contributed by atoms with Gasteiger partial charge < -0.3 is 4.90 Å². The van der Waals surface area contributed by atoms with Gasteiger partial charge in [0.2, 0.25) is 0 Å². The molecule has 2 aliphatic rings.